The lowest BCUT2D eigenvalue weighted by Crippen LogP contribution is -2.20. The van der Waals surface area contributed by atoms with Crippen LogP contribution in [0.2, 0.25) is 5.15 Å². The molecule has 0 atom stereocenters. The second kappa shape index (κ2) is 6.16. The minimum Gasteiger partial charge on any atom is -0.299 e. The zero-order valence-electron chi connectivity index (χ0n) is 12.0. The molecule has 2 aromatic heterocycles. The summed E-state index contributed by atoms with van der Waals surface area (Å²) in [5.74, 6) is 0.817. The van der Waals surface area contributed by atoms with Gasteiger partial charge in [0.05, 0.1) is 11.9 Å². The van der Waals surface area contributed by atoms with Gasteiger partial charge in [0.1, 0.15) is 15.8 Å². The van der Waals surface area contributed by atoms with Gasteiger partial charge in [-0.2, -0.15) is 0 Å². The lowest BCUT2D eigenvalue weighted by molar-refractivity contribution is 0.313. The summed E-state index contributed by atoms with van der Waals surface area (Å²) >= 11 is 8.00. The van der Waals surface area contributed by atoms with Crippen molar-refractivity contribution in [2.45, 2.75) is 40.2 Å². The van der Waals surface area contributed by atoms with Gasteiger partial charge in [0.15, 0.2) is 0 Å². The molecule has 0 radical (unpaired) electrons. The largest absolute Gasteiger partial charge is 0.299 e. The molecule has 0 bridgehead atoms. The van der Waals surface area contributed by atoms with Crippen molar-refractivity contribution in [3.8, 4) is 0 Å². The number of aromatic nitrogens is 2. The fraction of sp³-hybridized carbons (Fsp3) is 0.571. The summed E-state index contributed by atoms with van der Waals surface area (Å²) in [6.07, 6.45) is 2.40. The van der Waals surface area contributed by atoms with Crippen LogP contribution in [0.25, 0.3) is 10.2 Å². The molecule has 0 saturated heterocycles. The summed E-state index contributed by atoms with van der Waals surface area (Å²) < 4.78 is 0. The average Bonchev–Trinajstić information content (AvgIpc) is 2.62. The number of hydrogen-bond donors (Lipinski definition) is 0. The maximum atomic E-state index is 6.31. The number of unbranched alkanes of at least 4 members (excludes halogenated alkanes) is 1. The van der Waals surface area contributed by atoms with E-state index in [0.717, 1.165) is 29.1 Å². The molecule has 0 amide bonds. The van der Waals surface area contributed by atoms with Crippen molar-refractivity contribution in [3.05, 3.63) is 21.4 Å². The van der Waals surface area contributed by atoms with Gasteiger partial charge in [-0.25, -0.2) is 9.97 Å². The molecule has 0 fully saturated rings. The van der Waals surface area contributed by atoms with Crippen LogP contribution in [-0.2, 0) is 6.54 Å². The maximum Gasteiger partial charge on any atom is 0.145 e. The third-order valence-electron chi connectivity index (χ3n) is 3.34. The van der Waals surface area contributed by atoms with E-state index >= 15 is 0 Å². The fourth-order valence-electron chi connectivity index (χ4n) is 2.06. The van der Waals surface area contributed by atoms with Crippen molar-refractivity contribution in [1.82, 2.24) is 14.9 Å². The van der Waals surface area contributed by atoms with Crippen LogP contribution in [0.4, 0.5) is 0 Å². The molecule has 3 nitrogen and oxygen atoms in total. The Hall–Kier alpha value is -0.710. The summed E-state index contributed by atoms with van der Waals surface area (Å²) in [6, 6.07) is 0. The quantitative estimate of drug-likeness (QED) is 0.775. The highest BCUT2D eigenvalue weighted by atomic mass is 35.5. The van der Waals surface area contributed by atoms with E-state index in [4.69, 9.17) is 11.6 Å². The molecule has 2 rings (SSSR count). The molecule has 19 heavy (non-hydrogen) atoms. The predicted molar refractivity (Wildman–Crippen MR) is 83.1 cm³/mol. The standard InChI is InChI=1S/C14H20ClN3S/c1-5-6-7-18(4)8-11-16-13(15)12-9(2)10(3)19-14(12)17-11/h5-8H2,1-4H3. The van der Waals surface area contributed by atoms with Crippen molar-refractivity contribution in [2.75, 3.05) is 13.6 Å². The van der Waals surface area contributed by atoms with E-state index in [0.29, 0.717) is 5.15 Å². The summed E-state index contributed by atoms with van der Waals surface area (Å²) in [5.41, 5.74) is 1.20. The summed E-state index contributed by atoms with van der Waals surface area (Å²) in [5, 5.41) is 1.61. The number of nitrogens with zero attached hydrogens (tertiary/aromatic N) is 3. The van der Waals surface area contributed by atoms with Crippen LogP contribution in [0.5, 0.6) is 0 Å². The Morgan fingerprint density at radius 1 is 1.26 bits per heavy atom. The van der Waals surface area contributed by atoms with Gasteiger partial charge in [0.2, 0.25) is 0 Å². The zero-order valence-corrected chi connectivity index (χ0v) is 13.5. The first-order valence-corrected chi connectivity index (χ1v) is 7.83. The molecule has 2 heterocycles. The molecule has 0 aromatic carbocycles. The molecule has 0 unspecified atom stereocenters. The zero-order chi connectivity index (χ0) is 14.0. The normalized spacial score (nSPS) is 11.7. The second-order valence-electron chi connectivity index (χ2n) is 4.99. The third-order valence-corrected chi connectivity index (χ3v) is 4.71. The van der Waals surface area contributed by atoms with Crippen molar-refractivity contribution in [2.24, 2.45) is 0 Å². The number of fused-ring (bicyclic) bond motifs is 1. The molecule has 2 aromatic rings. The topological polar surface area (TPSA) is 29.0 Å². The first-order chi connectivity index (χ1) is 9.02. The van der Waals surface area contributed by atoms with Gasteiger partial charge in [0.25, 0.3) is 0 Å². The van der Waals surface area contributed by atoms with Crippen molar-refractivity contribution >= 4 is 33.2 Å². The Bertz CT molecular complexity index is 580. The van der Waals surface area contributed by atoms with Crippen LogP contribution in [0.1, 0.15) is 36.0 Å². The van der Waals surface area contributed by atoms with E-state index in [1.165, 1.54) is 23.3 Å². The van der Waals surface area contributed by atoms with Crippen LogP contribution in [0, 0.1) is 13.8 Å². The number of halogens is 1. The van der Waals surface area contributed by atoms with E-state index < -0.39 is 0 Å². The first-order valence-electron chi connectivity index (χ1n) is 6.63. The smallest absolute Gasteiger partial charge is 0.145 e. The Balaban J connectivity index is 2.26. The molecule has 5 heteroatoms. The predicted octanol–water partition coefficient (Wildman–Crippen LogP) is 4.19. The fourth-order valence-corrected chi connectivity index (χ4v) is 3.49. The number of hydrogen-bond acceptors (Lipinski definition) is 4. The molecule has 104 valence electrons. The van der Waals surface area contributed by atoms with Crippen LogP contribution >= 0.6 is 22.9 Å². The van der Waals surface area contributed by atoms with Gasteiger partial charge in [-0.1, -0.05) is 24.9 Å². The minimum atomic E-state index is 0.589. The van der Waals surface area contributed by atoms with E-state index in [1.54, 1.807) is 11.3 Å². The molecular formula is C14H20ClN3S. The molecule has 0 saturated carbocycles. The SMILES string of the molecule is CCCCN(C)Cc1nc(Cl)c2c(C)c(C)sc2n1. The van der Waals surface area contributed by atoms with Crippen LogP contribution in [0.3, 0.4) is 0 Å². The highest BCUT2D eigenvalue weighted by Gasteiger charge is 2.13. The van der Waals surface area contributed by atoms with Crippen molar-refractivity contribution in [3.63, 3.8) is 0 Å². The minimum absolute atomic E-state index is 0.589. The highest BCUT2D eigenvalue weighted by molar-refractivity contribution is 7.18. The monoisotopic (exact) mass is 297 g/mol. The van der Waals surface area contributed by atoms with Crippen LogP contribution in [-0.4, -0.2) is 28.5 Å². The van der Waals surface area contributed by atoms with E-state index in [-0.39, 0.29) is 0 Å². The Morgan fingerprint density at radius 3 is 2.68 bits per heavy atom. The summed E-state index contributed by atoms with van der Waals surface area (Å²) in [4.78, 5) is 13.6. The van der Waals surface area contributed by atoms with Crippen molar-refractivity contribution in [1.29, 1.82) is 0 Å². The molecule has 0 aliphatic rings. The van der Waals surface area contributed by atoms with Gasteiger partial charge >= 0.3 is 0 Å². The molecular weight excluding hydrogens is 278 g/mol. The lowest BCUT2D eigenvalue weighted by Gasteiger charge is -2.15. The van der Waals surface area contributed by atoms with Gasteiger partial charge < -0.3 is 0 Å². The average molecular weight is 298 g/mol. The van der Waals surface area contributed by atoms with Gasteiger partial charge in [-0.05, 0) is 39.4 Å². The highest BCUT2D eigenvalue weighted by Crippen LogP contribution is 2.32. The van der Waals surface area contributed by atoms with Crippen LogP contribution in [0.15, 0.2) is 0 Å². The Labute approximate surface area is 123 Å². The van der Waals surface area contributed by atoms with Crippen molar-refractivity contribution < 1.29 is 0 Å². The van der Waals surface area contributed by atoms with Gasteiger partial charge in [-0.3, -0.25) is 4.90 Å². The van der Waals surface area contributed by atoms with Gasteiger partial charge in [-0.15, -0.1) is 11.3 Å². The van der Waals surface area contributed by atoms with E-state index in [1.807, 2.05) is 0 Å². The van der Waals surface area contributed by atoms with E-state index in [9.17, 15) is 0 Å². The Kier molecular flexibility index (Phi) is 4.76. The van der Waals surface area contributed by atoms with Gasteiger partial charge in [0, 0.05) is 4.88 Å². The maximum absolute atomic E-state index is 6.31. The van der Waals surface area contributed by atoms with Crippen LogP contribution < -0.4 is 0 Å². The Morgan fingerprint density at radius 2 is 2.00 bits per heavy atom. The lowest BCUT2D eigenvalue weighted by atomic mass is 10.2. The number of thiophene rings is 1. The molecule has 0 N–H and O–H groups in total. The summed E-state index contributed by atoms with van der Waals surface area (Å²) in [6.45, 7) is 8.20. The number of rotatable bonds is 5. The molecule has 0 spiro atoms. The van der Waals surface area contributed by atoms with E-state index in [2.05, 4.69) is 42.7 Å². The summed E-state index contributed by atoms with van der Waals surface area (Å²) in [7, 11) is 2.10. The molecule has 0 aliphatic carbocycles. The molecule has 0 aliphatic heterocycles. The first kappa shape index (κ1) is 14.7. The number of aryl methyl sites for hydroxylation is 2. The third kappa shape index (κ3) is 3.25. The second-order valence-corrected chi connectivity index (χ2v) is 6.55.